The summed E-state index contributed by atoms with van der Waals surface area (Å²) in [6, 6.07) is 12.4. The SMILES string of the molecule is CC=N/C(=C\F)C(c1cccc(Br)c1)c1cccc(F)c1C. The van der Waals surface area contributed by atoms with Crippen LogP contribution in [-0.2, 0) is 0 Å². The Morgan fingerprint density at radius 1 is 1.23 bits per heavy atom. The number of hydrogen-bond donors (Lipinski definition) is 0. The van der Waals surface area contributed by atoms with E-state index in [-0.39, 0.29) is 11.5 Å². The molecule has 0 aromatic heterocycles. The highest BCUT2D eigenvalue weighted by Gasteiger charge is 2.22. The van der Waals surface area contributed by atoms with Crippen molar-refractivity contribution in [1.82, 2.24) is 0 Å². The van der Waals surface area contributed by atoms with Crippen molar-refractivity contribution in [2.75, 3.05) is 0 Å². The molecule has 22 heavy (non-hydrogen) atoms. The number of hydrogen-bond acceptors (Lipinski definition) is 1. The van der Waals surface area contributed by atoms with Gasteiger partial charge in [-0.05, 0) is 48.7 Å². The molecule has 2 rings (SSSR count). The molecular formula is C18H16BrF2N. The van der Waals surface area contributed by atoms with Crippen LogP contribution in [0.1, 0.15) is 29.5 Å². The van der Waals surface area contributed by atoms with E-state index >= 15 is 0 Å². The summed E-state index contributed by atoms with van der Waals surface area (Å²) in [7, 11) is 0. The molecule has 4 heteroatoms. The second-order valence-corrected chi connectivity index (χ2v) is 5.78. The Morgan fingerprint density at radius 2 is 1.95 bits per heavy atom. The minimum Gasteiger partial charge on any atom is -0.263 e. The van der Waals surface area contributed by atoms with Crippen LogP contribution in [0, 0.1) is 12.7 Å². The maximum absolute atomic E-state index is 13.9. The molecule has 2 aromatic carbocycles. The second-order valence-electron chi connectivity index (χ2n) is 4.86. The number of halogens is 3. The van der Waals surface area contributed by atoms with E-state index in [9.17, 15) is 8.78 Å². The van der Waals surface area contributed by atoms with E-state index < -0.39 is 5.92 Å². The van der Waals surface area contributed by atoms with Crippen LogP contribution >= 0.6 is 15.9 Å². The van der Waals surface area contributed by atoms with Gasteiger partial charge >= 0.3 is 0 Å². The van der Waals surface area contributed by atoms with Gasteiger partial charge in [-0.3, -0.25) is 4.99 Å². The van der Waals surface area contributed by atoms with E-state index in [0.29, 0.717) is 17.5 Å². The molecule has 1 unspecified atom stereocenters. The third-order valence-electron chi connectivity index (χ3n) is 3.49. The molecule has 0 heterocycles. The largest absolute Gasteiger partial charge is 0.263 e. The van der Waals surface area contributed by atoms with Gasteiger partial charge in [0, 0.05) is 10.7 Å². The van der Waals surface area contributed by atoms with Crippen LogP contribution in [0.5, 0.6) is 0 Å². The van der Waals surface area contributed by atoms with Gasteiger partial charge in [0.2, 0.25) is 0 Å². The molecule has 0 saturated heterocycles. The Balaban J connectivity index is 2.67. The molecule has 0 fully saturated rings. The van der Waals surface area contributed by atoms with E-state index in [1.165, 1.54) is 12.3 Å². The lowest BCUT2D eigenvalue weighted by Gasteiger charge is -2.20. The fourth-order valence-corrected chi connectivity index (χ4v) is 2.86. The summed E-state index contributed by atoms with van der Waals surface area (Å²) in [5.74, 6) is -0.773. The van der Waals surface area contributed by atoms with Gasteiger partial charge in [-0.15, -0.1) is 0 Å². The molecule has 0 saturated carbocycles. The monoisotopic (exact) mass is 363 g/mol. The zero-order valence-corrected chi connectivity index (χ0v) is 13.9. The van der Waals surface area contributed by atoms with Crippen molar-refractivity contribution in [3.05, 3.63) is 81.5 Å². The lowest BCUT2D eigenvalue weighted by molar-refractivity contribution is 0.613. The summed E-state index contributed by atoms with van der Waals surface area (Å²) in [6.07, 6.45) is 2.01. The Bertz CT molecular complexity index is 723. The van der Waals surface area contributed by atoms with Crippen LogP contribution in [0.15, 0.2) is 64.0 Å². The first kappa shape index (κ1) is 16.6. The summed E-state index contributed by atoms with van der Waals surface area (Å²) >= 11 is 3.42. The average molecular weight is 364 g/mol. The molecule has 0 aliphatic carbocycles. The van der Waals surface area contributed by atoms with Crippen LogP contribution in [0.25, 0.3) is 0 Å². The van der Waals surface area contributed by atoms with E-state index in [4.69, 9.17) is 0 Å². The molecule has 0 N–H and O–H groups in total. The topological polar surface area (TPSA) is 12.4 Å². The molecule has 0 aliphatic rings. The molecule has 0 aliphatic heterocycles. The van der Waals surface area contributed by atoms with Crippen LogP contribution in [0.4, 0.5) is 8.78 Å². The maximum Gasteiger partial charge on any atom is 0.126 e. The Labute approximate surface area is 137 Å². The molecular weight excluding hydrogens is 348 g/mol. The minimum atomic E-state index is -0.464. The summed E-state index contributed by atoms with van der Waals surface area (Å²) in [5.41, 5.74) is 2.29. The second kappa shape index (κ2) is 7.45. The fourth-order valence-electron chi connectivity index (χ4n) is 2.45. The number of benzene rings is 2. The first-order chi connectivity index (χ1) is 10.6. The van der Waals surface area contributed by atoms with Gasteiger partial charge in [0.1, 0.15) is 12.1 Å². The van der Waals surface area contributed by atoms with Crippen molar-refractivity contribution in [1.29, 1.82) is 0 Å². The van der Waals surface area contributed by atoms with E-state index in [1.54, 1.807) is 26.0 Å². The summed E-state index contributed by atoms with van der Waals surface area (Å²) < 4.78 is 28.2. The Kier molecular flexibility index (Phi) is 5.61. The first-order valence-electron chi connectivity index (χ1n) is 6.88. The number of nitrogens with zero attached hydrogens (tertiary/aromatic N) is 1. The van der Waals surface area contributed by atoms with Crippen molar-refractivity contribution >= 4 is 22.1 Å². The number of rotatable bonds is 4. The van der Waals surface area contributed by atoms with Gasteiger partial charge in [-0.2, -0.15) is 0 Å². The summed E-state index contributed by atoms with van der Waals surface area (Å²) in [5, 5.41) is 0. The zero-order valence-electron chi connectivity index (χ0n) is 12.4. The van der Waals surface area contributed by atoms with Gasteiger partial charge in [0.05, 0.1) is 11.6 Å². The van der Waals surface area contributed by atoms with Crippen molar-refractivity contribution < 1.29 is 8.78 Å². The van der Waals surface area contributed by atoms with Gasteiger partial charge in [-0.25, -0.2) is 8.78 Å². The first-order valence-corrected chi connectivity index (χ1v) is 7.67. The highest BCUT2D eigenvalue weighted by atomic mass is 79.9. The molecule has 2 aromatic rings. The number of aliphatic imine (C=N–C) groups is 1. The van der Waals surface area contributed by atoms with Crippen molar-refractivity contribution in [2.24, 2.45) is 4.99 Å². The van der Waals surface area contributed by atoms with Crippen molar-refractivity contribution in [3.8, 4) is 0 Å². The standard InChI is InChI=1S/C18H16BrF2N/c1-3-22-17(11-20)18(13-6-4-7-14(19)10-13)15-8-5-9-16(21)12(15)2/h3-11,18H,1-2H3/b17-11-,22-3?. The average Bonchev–Trinajstić information content (AvgIpc) is 2.51. The molecule has 0 radical (unpaired) electrons. The van der Waals surface area contributed by atoms with Gasteiger partial charge < -0.3 is 0 Å². The minimum absolute atomic E-state index is 0.245. The Hall–Kier alpha value is -1.81. The van der Waals surface area contributed by atoms with Gasteiger partial charge in [-0.1, -0.05) is 40.2 Å². The predicted octanol–water partition coefficient (Wildman–Crippen LogP) is 5.93. The fraction of sp³-hybridized carbons (Fsp3) is 0.167. The maximum atomic E-state index is 13.9. The van der Waals surface area contributed by atoms with Crippen LogP contribution < -0.4 is 0 Å². The van der Waals surface area contributed by atoms with Crippen molar-refractivity contribution in [3.63, 3.8) is 0 Å². The predicted molar refractivity (Wildman–Crippen MR) is 90.5 cm³/mol. The van der Waals surface area contributed by atoms with Crippen LogP contribution in [0.2, 0.25) is 0 Å². The van der Waals surface area contributed by atoms with Gasteiger partial charge in [0.25, 0.3) is 0 Å². The number of allylic oxidation sites excluding steroid dienone is 1. The van der Waals surface area contributed by atoms with Crippen LogP contribution in [-0.4, -0.2) is 6.21 Å². The molecule has 1 atom stereocenters. The lowest BCUT2D eigenvalue weighted by atomic mass is 9.86. The summed E-state index contributed by atoms with van der Waals surface area (Å²) in [6.45, 7) is 3.42. The highest BCUT2D eigenvalue weighted by Crippen LogP contribution is 2.36. The highest BCUT2D eigenvalue weighted by molar-refractivity contribution is 9.10. The van der Waals surface area contributed by atoms with Crippen molar-refractivity contribution in [2.45, 2.75) is 19.8 Å². The molecule has 0 amide bonds. The molecule has 114 valence electrons. The summed E-state index contributed by atoms with van der Waals surface area (Å²) in [4.78, 5) is 4.12. The molecule has 0 spiro atoms. The normalized spacial score (nSPS) is 13.6. The smallest absolute Gasteiger partial charge is 0.126 e. The lowest BCUT2D eigenvalue weighted by Crippen LogP contribution is -2.07. The zero-order chi connectivity index (χ0) is 16.1. The third kappa shape index (κ3) is 3.50. The quantitative estimate of drug-likeness (QED) is 0.597. The van der Waals surface area contributed by atoms with Crippen LogP contribution in [0.3, 0.4) is 0 Å². The molecule has 0 bridgehead atoms. The van der Waals surface area contributed by atoms with Gasteiger partial charge in [0.15, 0.2) is 0 Å². The van der Waals surface area contributed by atoms with E-state index in [1.807, 2.05) is 24.3 Å². The third-order valence-corrected chi connectivity index (χ3v) is 3.98. The van der Waals surface area contributed by atoms with E-state index in [0.717, 1.165) is 10.0 Å². The molecule has 1 nitrogen and oxygen atoms in total. The Morgan fingerprint density at radius 3 is 2.59 bits per heavy atom. The van der Waals surface area contributed by atoms with E-state index in [2.05, 4.69) is 20.9 Å².